The lowest BCUT2D eigenvalue weighted by atomic mass is 9.47. The molecule has 1 fully saturated rings. The maximum absolute atomic E-state index is 13.9. The molecule has 0 aromatic rings. The normalized spacial score (nSPS) is 30.3. The number of hydrogen-bond donors (Lipinski definition) is 0. The standard InChI is InChI=1S/C27H40O3/c1-18(2)10-9-14-26(7)21(12-11-19(3)4)17-27(15-13-20(5)6)23(30-8)16-22(28)24(26)25(27)29/h10-11,13,16,21,24H,9,12,14-15,17H2,1-8H3/t21-,24-,26+,27+/m0/s1. The first-order chi connectivity index (χ1) is 14.0. The molecule has 0 unspecified atom stereocenters. The Morgan fingerprint density at radius 2 is 1.63 bits per heavy atom. The van der Waals surface area contributed by atoms with Gasteiger partial charge in [-0.3, -0.25) is 9.59 Å². The van der Waals surface area contributed by atoms with Crippen molar-refractivity contribution < 1.29 is 14.3 Å². The average Bonchev–Trinajstić information content (AvgIpc) is 2.63. The van der Waals surface area contributed by atoms with Gasteiger partial charge in [0.1, 0.15) is 5.76 Å². The van der Waals surface area contributed by atoms with E-state index in [0.29, 0.717) is 12.2 Å². The SMILES string of the molecule is COC1=CC(=O)[C@H]2C(=O)[C@]1(CC=C(C)C)C[C@H](CC=C(C)C)[C@@]2(C)CCC=C(C)C. The van der Waals surface area contributed by atoms with E-state index < -0.39 is 11.3 Å². The Morgan fingerprint density at radius 1 is 1.03 bits per heavy atom. The third-order valence-electron chi connectivity index (χ3n) is 7.08. The van der Waals surface area contributed by atoms with Gasteiger partial charge in [-0.25, -0.2) is 0 Å². The molecule has 166 valence electrons. The van der Waals surface area contributed by atoms with Crippen LogP contribution in [0, 0.1) is 22.7 Å². The number of fused-ring (bicyclic) bond motifs is 2. The quantitative estimate of drug-likeness (QED) is 0.327. The summed E-state index contributed by atoms with van der Waals surface area (Å²) in [4.78, 5) is 27.2. The van der Waals surface area contributed by atoms with E-state index in [1.54, 1.807) is 13.2 Å². The van der Waals surface area contributed by atoms with E-state index in [1.165, 1.54) is 16.7 Å². The van der Waals surface area contributed by atoms with Crippen molar-refractivity contribution in [1.29, 1.82) is 0 Å². The molecule has 2 aliphatic rings. The molecule has 3 nitrogen and oxygen atoms in total. The van der Waals surface area contributed by atoms with Crippen LogP contribution >= 0.6 is 0 Å². The van der Waals surface area contributed by atoms with Crippen molar-refractivity contribution in [3.63, 3.8) is 0 Å². The van der Waals surface area contributed by atoms with Gasteiger partial charge in [-0.1, -0.05) is 41.9 Å². The van der Waals surface area contributed by atoms with Crippen LogP contribution in [0.3, 0.4) is 0 Å². The Labute approximate surface area is 183 Å². The topological polar surface area (TPSA) is 43.4 Å². The van der Waals surface area contributed by atoms with Gasteiger partial charge < -0.3 is 4.74 Å². The number of hydrogen-bond acceptors (Lipinski definition) is 3. The molecular formula is C27H40O3. The Hall–Kier alpha value is -1.90. The number of Topliss-reactive ketones (excluding diaryl/α,β-unsaturated/α-hetero) is 1. The first-order valence-electron chi connectivity index (χ1n) is 11.2. The molecule has 0 spiro atoms. The number of carbonyl (C=O) groups excluding carboxylic acids is 2. The molecule has 0 saturated heterocycles. The monoisotopic (exact) mass is 412 g/mol. The summed E-state index contributed by atoms with van der Waals surface area (Å²) in [6, 6.07) is 0. The molecule has 0 aliphatic heterocycles. The maximum atomic E-state index is 13.9. The first kappa shape index (κ1) is 24.4. The van der Waals surface area contributed by atoms with Crippen LogP contribution in [0.4, 0.5) is 0 Å². The Kier molecular flexibility index (Phi) is 7.71. The number of ketones is 2. The Balaban J connectivity index is 2.61. The molecule has 0 aromatic heterocycles. The van der Waals surface area contributed by atoms with Crippen LogP contribution in [0.5, 0.6) is 0 Å². The third-order valence-corrected chi connectivity index (χ3v) is 7.08. The lowest BCUT2D eigenvalue weighted by Crippen LogP contribution is -2.59. The summed E-state index contributed by atoms with van der Waals surface area (Å²) in [5, 5.41) is 0. The van der Waals surface area contributed by atoms with Crippen molar-refractivity contribution in [2.24, 2.45) is 22.7 Å². The highest BCUT2D eigenvalue weighted by Gasteiger charge is 2.63. The van der Waals surface area contributed by atoms with Crippen molar-refractivity contribution in [2.75, 3.05) is 7.11 Å². The molecule has 2 aliphatic carbocycles. The maximum Gasteiger partial charge on any atom is 0.170 e. The number of ether oxygens (including phenoxy) is 1. The second-order valence-electron chi connectivity index (χ2n) is 10.2. The van der Waals surface area contributed by atoms with Crippen LogP contribution in [0.25, 0.3) is 0 Å². The van der Waals surface area contributed by atoms with Crippen LogP contribution in [0.1, 0.15) is 80.6 Å². The molecule has 2 bridgehead atoms. The zero-order valence-electron chi connectivity index (χ0n) is 20.2. The minimum Gasteiger partial charge on any atom is -0.500 e. The Morgan fingerprint density at radius 3 is 2.17 bits per heavy atom. The predicted octanol–water partition coefficient (Wildman–Crippen LogP) is 6.76. The summed E-state index contributed by atoms with van der Waals surface area (Å²) in [7, 11) is 1.59. The van der Waals surface area contributed by atoms with Crippen LogP contribution in [-0.2, 0) is 14.3 Å². The van der Waals surface area contributed by atoms with E-state index in [0.717, 1.165) is 25.7 Å². The second kappa shape index (κ2) is 9.49. The first-order valence-corrected chi connectivity index (χ1v) is 11.2. The highest BCUT2D eigenvalue weighted by molar-refractivity contribution is 6.14. The fourth-order valence-corrected chi connectivity index (χ4v) is 5.26. The van der Waals surface area contributed by atoms with Crippen molar-refractivity contribution in [2.45, 2.75) is 80.6 Å². The van der Waals surface area contributed by atoms with E-state index in [1.807, 2.05) is 0 Å². The number of allylic oxidation sites excluding steroid dienone is 8. The van der Waals surface area contributed by atoms with Gasteiger partial charge in [0, 0.05) is 6.08 Å². The fraction of sp³-hybridized carbons (Fsp3) is 0.630. The third kappa shape index (κ3) is 4.71. The average molecular weight is 413 g/mol. The summed E-state index contributed by atoms with van der Waals surface area (Å²) >= 11 is 0. The Bertz CT molecular complexity index is 798. The molecule has 3 heteroatoms. The van der Waals surface area contributed by atoms with Gasteiger partial charge in [-0.2, -0.15) is 0 Å². The number of rotatable bonds is 8. The summed E-state index contributed by atoms with van der Waals surface area (Å²) < 4.78 is 5.67. The van der Waals surface area contributed by atoms with Gasteiger partial charge in [0.05, 0.1) is 18.4 Å². The molecule has 1 saturated carbocycles. The lowest BCUT2D eigenvalue weighted by Gasteiger charge is -2.55. The van der Waals surface area contributed by atoms with Gasteiger partial charge in [0.25, 0.3) is 0 Å². The summed E-state index contributed by atoms with van der Waals surface area (Å²) in [5.41, 5.74) is 2.66. The molecule has 2 rings (SSSR count). The number of carbonyl (C=O) groups is 2. The molecule has 0 heterocycles. The molecule has 30 heavy (non-hydrogen) atoms. The summed E-state index contributed by atoms with van der Waals surface area (Å²) in [6.45, 7) is 14.7. The van der Waals surface area contributed by atoms with Crippen LogP contribution in [-0.4, -0.2) is 18.7 Å². The second-order valence-corrected chi connectivity index (χ2v) is 10.2. The highest BCUT2D eigenvalue weighted by atomic mass is 16.5. The molecule has 0 amide bonds. The van der Waals surface area contributed by atoms with Gasteiger partial charge in [-0.15, -0.1) is 0 Å². The zero-order chi connectivity index (χ0) is 22.7. The largest absolute Gasteiger partial charge is 0.500 e. The van der Waals surface area contributed by atoms with E-state index in [-0.39, 0.29) is 22.9 Å². The molecule has 0 radical (unpaired) electrons. The van der Waals surface area contributed by atoms with E-state index in [9.17, 15) is 9.59 Å². The minimum absolute atomic E-state index is 0.0671. The molecule has 0 N–H and O–H groups in total. The predicted molar refractivity (Wildman–Crippen MR) is 124 cm³/mol. The van der Waals surface area contributed by atoms with Gasteiger partial charge >= 0.3 is 0 Å². The van der Waals surface area contributed by atoms with Gasteiger partial charge in [0.2, 0.25) is 0 Å². The van der Waals surface area contributed by atoms with Crippen molar-refractivity contribution in [1.82, 2.24) is 0 Å². The summed E-state index contributed by atoms with van der Waals surface area (Å²) in [6.07, 6.45) is 12.2. The van der Waals surface area contributed by atoms with Crippen LogP contribution in [0.2, 0.25) is 0 Å². The van der Waals surface area contributed by atoms with Crippen molar-refractivity contribution >= 4 is 11.6 Å². The molecule has 0 aromatic carbocycles. The van der Waals surface area contributed by atoms with Gasteiger partial charge in [0.15, 0.2) is 11.6 Å². The zero-order valence-corrected chi connectivity index (χ0v) is 20.2. The van der Waals surface area contributed by atoms with Crippen LogP contribution < -0.4 is 0 Å². The van der Waals surface area contributed by atoms with Crippen molar-refractivity contribution in [3.8, 4) is 0 Å². The fourth-order valence-electron chi connectivity index (χ4n) is 5.26. The van der Waals surface area contributed by atoms with E-state index >= 15 is 0 Å². The van der Waals surface area contributed by atoms with Crippen LogP contribution in [0.15, 0.2) is 46.8 Å². The smallest absolute Gasteiger partial charge is 0.170 e. The lowest BCUT2D eigenvalue weighted by molar-refractivity contribution is -0.157. The van der Waals surface area contributed by atoms with E-state index in [2.05, 4.69) is 66.7 Å². The summed E-state index contributed by atoms with van der Waals surface area (Å²) in [5.74, 6) is 0.203. The number of methoxy groups -OCH3 is 1. The molecular weight excluding hydrogens is 372 g/mol. The van der Waals surface area contributed by atoms with Crippen molar-refractivity contribution in [3.05, 3.63) is 46.8 Å². The van der Waals surface area contributed by atoms with Gasteiger partial charge in [-0.05, 0) is 85.0 Å². The van der Waals surface area contributed by atoms with E-state index in [4.69, 9.17) is 4.74 Å². The highest BCUT2D eigenvalue weighted by Crippen LogP contribution is 2.60. The molecule has 4 atom stereocenters. The minimum atomic E-state index is -0.721.